The summed E-state index contributed by atoms with van der Waals surface area (Å²) < 4.78 is 4.86. The third-order valence-corrected chi connectivity index (χ3v) is 2.80. The van der Waals surface area contributed by atoms with E-state index in [1.165, 1.54) is 0 Å². The van der Waals surface area contributed by atoms with Gasteiger partial charge in [-0.1, -0.05) is 0 Å². The molecule has 1 aliphatic rings. The molecule has 1 fully saturated rings. The molecule has 94 valence electrons. The molecular formula is C11H22N2O3. The van der Waals surface area contributed by atoms with Crippen molar-refractivity contribution in [3.8, 4) is 0 Å². The molecule has 1 rings (SSSR count). The van der Waals surface area contributed by atoms with Gasteiger partial charge in [0.15, 0.2) is 0 Å². The smallest absolute Gasteiger partial charge is 0.320 e. The lowest BCUT2D eigenvalue weighted by Crippen LogP contribution is -2.49. The van der Waals surface area contributed by atoms with Gasteiger partial charge < -0.3 is 15.2 Å². The molecule has 0 unspecified atom stereocenters. The molecule has 0 atom stereocenters. The van der Waals surface area contributed by atoms with Gasteiger partial charge in [-0.05, 0) is 39.9 Å². The largest absolute Gasteiger partial charge is 0.465 e. The topological polar surface area (TPSA) is 61.8 Å². The highest BCUT2D eigenvalue weighted by molar-refractivity contribution is 5.71. The molecule has 2 N–H and O–H groups in total. The first-order chi connectivity index (χ1) is 7.56. The fourth-order valence-electron chi connectivity index (χ4n) is 2.04. The molecule has 0 bridgehead atoms. The zero-order valence-corrected chi connectivity index (χ0v) is 10.2. The number of rotatable bonds is 5. The van der Waals surface area contributed by atoms with E-state index in [2.05, 4.69) is 5.32 Å². The van der Waals surface area contributed by atoms with Gasteiger partial charge in [0, 0.05) is 6.54 Å². The Morgan fingerprint density at radius 2 is 2.12 bits per heavy atom. The first-order valence-electron chi connectivity index (χ1n) is 5.83. The zero-order valence-electron chi connectivity index (χ0n) is 10.2. The predicted molar refractivity (Wildman–Crippen MR) is 61.2 cm³/mol. The summed E-state index contributed by atoms with van der Waals surface area (Å²) in [4.78, 5) is 13.1. The minimum Gasteiger partial charge on any atom is -0.465 e. The molecule has 0 aromatic heterocycles. The average Bonchev–Trinajstić information content (AvgIpc) is 2.17. The number of esters is 1. The maximum absolute atomic E-state index is 11.2. The molecule has 0 aliphatic carbocycles. The Bertz CT molecular complexity index is 227. The third kappa shape index (κ3) is 4.47. The van der Waals surface area contributed by atoms with Crippen molar-refractivity contribution in [1.82, 2.24) is 10.2 Å². The summed E-state index contributed by atoms with van der Waals surface area (Å²) in [5.74, 6) is -0.234. The summed E-state index contributed by atoms with van der Waals surface area (Å²) in [5.41, 5.74) is -0.660. The van der Waals surface area contributed by atoms with E-state index in [1.54, 1.807) is 6.92 Å². The summed E-state index contributed by atoms with van der Waals surface area (Å²) in [5, 5.41) is 13.5. The number of piperidine rings is 1. The Hall–Kier alpha value is -0.650. The second-order valence-corrected chi connectivity index (χ2v) is 4.45. The quantitative estimate of drug-likeness (QED) is 0.629. The van der Waals surface area contributed by atoms with Crippen molar-refractivity contribution >= 4 is 5.97 Å². The lowest BCUT2D eigenvalue weighted by molar-refractivity contribution is -0.144. The summed E-state index contributed by atoms with van der Waals surface area (Å²) in [6.45, 7) is 4.63. The standard InChI is InChI=1S/C11H22N2O3/c1-3-16-10(14)8-13(2)9-11(15)4-6-12-7-5-11/h12,15H,3-9H2,1-2H3. The molecule has 0 amide bonds. The van der Waals surface area contributed by atoms with Gasteiger partial charge in [0.25, 0.3) is 0 Å². The van der Waals surface area contributed by atoms with Crippen LogP contribution in [0.4, 0.5) is 0 Å². The van der Waals surface area contributed by atoms with E-state index in [-0.39, 0.29) is 12.5 Å². The van der Waals surface area contributed by atoms with Crippen molar-refractivity contribution in [2.75, 3.05) is 39.8 Å². The molecule has 0 saturated carbocycles. The van der Waals surface area contributed by atoms with Gasteiger partial charge in [-0.25, -0.2) is 0 Å². The minimum atomic E-state index is -0.660. The van der Waals surface area contributed by atoms with Gasteiger partial charge in [-0.3, -0.25) is 9.69 Å². The second kappa shape index (κ2) is 6.18. The molecule has 1 aliphatic heterocycles. The van der Waals surface area contributed by atoms with Crippen LogP contribution >= 0.6 is 0 Å². The molecule has 1 saturated heterocycles. The Balaban J connectivity index is 2.31. The molecule has 5 heteroatoms. The van der Waals surface area contributed by atoms with Crippen molar-refractivity contribution in [2.24, 2.45) is 0 Å². The van der Waals surface area contributed by atoms with E-state index in [1.807, 2.05) is 11.9 Å². The van der Waals surface area contributed by atoms with Crippen LogP contribution in [-0.4, -0.2) is 61.4 Å². The first-order valence-corrected chi connectivity index (χ1v) is 5.83. The summed E-state index contributed by atoms with van der Waals surface area (Å²) in [6, 6.07) is 0. The van der Waals surface area contributed by atoms with Crippen LogP contribution in [-0.2, 0) is 9.53 Å². The molecule has 0 aromatic rings. The number of carbonyl (C=O) groups is 1. The number of ether oxygens (including phenoxy) is 1. The third-order valence-electron chi connectivity index (χ3n) is 2.80. The summed E-state index contributed by atoms with van der Waals surface area (Å²) in [6.07, 6.45) is 1.47. The predicted octanol–water partition coefficient (Wildman–Crippen LogP) is -0.404. The van der Waals surface area contributed by atoms with Gasteiger partial charge >= 0.3 is 5.97 Å². The molecule has 16 heavy (non-hydrogen) atoms. The van der Waals surface area contributed by atoms with Crippen LogP contribution in [0.25, 0.3) is 0 Å². The molecular weight excluding hydrogens is 208 g/mol. The molecule has 5 nitrogen and oxygen atoms in total. The number of aliphatic hydroxyl groups is 1. The van der Waals surface area contributed by atoms with Crippen LogP contribution in [0.1, 0.15) is 19.8 Å². The Labute approximate surface area is 96.8 Å². The van der Waals surface area contributed by atoms with Crippen LogP contribution in [0, 0.1) is 0 Å². The van der Waals surface area contributed by atoms with Crippen molar-refractivity contribution in [2.45, 2.75) is 25.4 Å². The van der Waals surface area contributed by atoms with Crippen LogP contribution in [0.2, 0.25) is 0 Å². The average molecular weight is 230 g/mol. The maximum Gasteiger partial charge on any atom is 0.320 e. The lowest BCUT2D eigenvalue weighted by Gasteiger charge is -2.35. The molecule has 0 spiro atoms. The first kappa shape index (κ1) is 13.4. The van der Waals surface area contributed by atoms with E-state index in [0.717, 1.165) is 25.9 Å². The Kier molecular flexibility index (Phi) is 5.18. The van der Waals surface area contributed by atoms with Crippen molar-refractivity contribution < 1.29 is 14.6 Å². The summed E-state index contributed by atoms with van der Waals surface area (Å²) >= 11 is 0. The highest BCUT2D eigenvalue weighted by atomic mass is 16.5. The number of likely N-dealkylation sites (N-methyl/N-ethyl adjacent to an activating group) is 1. The fraction of sp³-hybridized carbons (Fsp3) is 0.909. The van der Waals surface area contributed by atoms with Gasteiger partial charge in [0.05, 0.1) is 18.8 Å². The number of hydrogen-bond donors (Lipinski definition) is 2. The van der Waals surface area contributed by atoms with Crippen molar-refractivity contribution in [3.05, 3.63) is 0 Å². The maximum atomic E-state index is 11.2. The van der Waals surface area contributed by atoms with E-state index in [0.29, 0.717) is 13.2 Å². The van der Waals surface area contributed by atoms with Gasteiger partial charge in [0.2, 0.25) is 0 Å². The minimum absolute atomic E-state index is 0.234. The highest BCUT2D eigenvalue weighted by Crippen LogP contribution is 2.18. The van der Waals surface area contributed by atoms with Crippen LogP contribution in [0.3, 0.4) is 0 Å². The van der Waals surface area contributed by atoms with Gasteiger partial charge in [0.1, 0.15) is 0 Å². The second-order valence-electron chi connectivity index (χ2n) is 4.45. The van der Waals surface area contributed by atoms with Crippen LogP contribution in [0.5, 0.6) is 0 Å². The van der Waals surface area contributed by atoms with E-state index in [4.69, 9.17) is 4.74 Å². The SMILES string of the molecule is CCOC(=O)CN(C)CC1(O)CCNCC1. The van der Waals surface area contributed by atoms with Crippen LogP contribution in [0.15, 0.2) is 0 Å². The van der Waals surface area contributed by atoms with Crippen molar-refractivity contribution in [1.29, 1.82) is 0 Å². The number of nitrogens with zero attached hydrogens (tertiary/aromatic N) is 1. The van der Waals surface area contributed by atoms with E-state index in [9.17, 15) is 9.90 Å². The monoisotopic (exact) mass is 230 g/mol. The van der Waals surface area contributed by atoms with Crippen molar-refractivity contribution in [3.63, 3.8) is 0 Å². The van der Waals surface area contributed by atoms with Gasteiger partial charge in [-0.2, -0.15) is 0 Å². The highest BCUT2D eigenvalue weighted by Gasteiger charge is 2.30. The summed E-state index contributed by atoms with van der Waals surface area (Å²) in [7, 11) is 1.83. The number of hydrogen-bond acceptors (Lipinski definition) is 5. The van der Waals surface area contributed by atoms with E-state index >= 15 is 0 Å². The van der Waals surface area contributed by atoms with Crippen LogP contribution < -0.4 is 5.32 Å². The molecule has 0 aromatic carbocycles. The van der Waals surface area contributed by atoms with E-state index < -0.39 is 5.60 Å². The Morgan fingerprint density at radius 1 is 1.50 bits per heavy atom. The molecule has 0 radical (unpaired) electrons. The Morgan fingerprint density at radius 3 is 2.69 bits per heavy atom. The van der Waals surface area contributed by atoms with Gasteiger partial charge in [-0.15, -0.1) is 0 Å². The zero-order chi connectivity index (χ0) is 12.0. The number of nitrogens with one attached hydrogen (secondary N) is 1. The fourth-order valence-corrected chi connectivity index (χ4v) is 2.04. The number of carbonyl (C=O) groups excluding carboxylic acids is 1. The normalized spacial score (nSPS) is 19.8. The lowest BCUT2D eigenvalue weighted by atomic mass is 9.92. The molecule has 1 heterocycles.